The quantitative estimate of drug-likeness (QED) is 0.502. The highest BCUT2D eigenvalue weighted by Gasteiger charge is 2.16. The molecule has 1 N–H and O–H groups in total. The lowest BCUT2D eigenvalue weighted by molar-refractivity contribution is 0.305. The van der Waals surface area contributed by atoms with Gasteiger partial charge in [-0.2, -0.15) is 0 Å². The molecule has 1 aliphatic rings. The fraction of sp³-hybridized carbons (Fsp3) is 0.619. The third-order valence-electron chi connectivity index (χ3n) is 4.43. The number of aryl methyl sites for hydroxylation is 1. The van der Waals surface area contributed by atoms with E-state index in [-0.39, 0.29) is 0 Å². The molecule has 0 amide bonds. The van der Waals surface area contributed by atoms with Crippen molar-refractivity contribution in [2.75, 3.05) is 37.7 Å². The predicted octanol–water partition coefficient (Wildman–Crippen LogP) is 4.56. The molecule has 0 saturated carbocycles. The van der Waals surface area contributed by atoms with Gasteiger partial charge in [-0.15, -0.1) is 0 Å². The Balaban J connectivity index is 1.81. The minimum absolute atomic E-state index is 0.814. The van der Waals surface area contributed by atoms with Crippen LogP contribution >= 0.6 is 0 Å². The standard InChI is InChI=1S/C21H34N2O/c1-4-12-22-13-5-6-16-24-20-9-10-21-19(17-20)8-7-14-23(21)15-11-18(2)3/h9-11,17,22H,4-8,12-16H2,1-3H3. The molecule has 0 aliphatic carbocycles. The second kappa shape index (κ2) is 10.4. The number of allylic oxidation sites excluding steroid dienone is 1. The van der Waals surface area contributed by atoms with E-state index in [1.807, 2.05) is 0 Å². The first-order valence-electron chi connectivity index (χ1n) is 9.55. The maximum atomic E-state index is 5.95. The summed E-state index contributed by atoms with van der Waals surface area (Å²) in [7, 11) is 0. The fourth-order valence-corrected chi connectivity index (χ4v) is 3.07. The molecular formula is C21H34N2O. The lowest BCUT2D eigenvalue weighted by atomic mass is 10.0. The molecule has 2 rings (SSSR count). The first kappa shape index (κ1) is 18.9. The predicted molar refractivity (Wildman–Crippen MR) is 104 cm³/mol. The molecule has 134 valence electrons. The summed E-state index contributed by atoms with van der Waals surface area (Å²) in [6, 6.07) is 6.62. The average molecular weight is 331 g/mol. The smallest absolute Gasteiger partial charge is 0.119 e. The van der Waals surface area contributed by atoms with Gasteiger partial charge in [0.15, 0.2) is 0 Å². The molecule has 0 radical (unpaired) electrons. The van der Waals surface area contributed by atoms with E-state index < -0.39 is 0 Å². The van der Waals surface area contributed by atoms with Crippen molar-refractivity contribution in [1.29, 1.82) is 0 Å². The third kappa shape index (κ3) is 6.20. The van der Waals surface area contributed by atoms with Crippen LogP contribution in [0.1, 0.15) is 52.0 Å². The highest BCUT2D eigenvalue weighted by molar-refractivity contribution is 5.58. The van der Waals surface area contributed by atoms with Gasteiger partial charge in [0, 0.05) is 18.8 Å². The second-order valence-electron chi connectivity index (χ2n) is 6.93. The van der Waals surface area contributed by atoms with Gasteiger partial charge in [0.1, 0.15) is 5.75 Å². The number of ether oxygens (including phenoxy) is 1. The number of anilines is 1. The molecular weight excluding hydrogens is 296 g/mol. The monoisotopic (exact) mass is 330 g/mol. The Morgan fingerprint density at radius 3 is 2.92 bits per heavy atom. The van der Waals surface area contributed by atoms with Gasteiger partial charge in [0.05, 0.1) is 6.61 Å². The van der Waals surface area contributed by atoms with Crippen molar-refractivity contribution in [2.24, 2.45) is 0 Å². The van der Waals surface area contributed by atoms with Crippen LogP contribution in [-0.2, 0) is 6.42 Å². The van der Waals surface area contributed by atoms with Crippen molar-refractivity contribution >= 4 is 5.69 Å². The van der Waals surface area contributed by atoms with Crippen LogP contribution in [0, 0.1) is 0 Å². The minimum Gasteiger partial charge on any atom is -0.494 e. The first-order chi connectivity index (χ1) is 11.7. The van der Waals surface area contributed by atoms with E-state index in [0.29, 0.717) is 0 Å². The topological polar surface area (TPSA) is 24.5 Å². The summed E-state index contributed by atoms with van der Waals surface area (Å²) >= 11 is 0. The van der Waals surface area contributed by atoms with E-state index in [2.05, 4.69) is 55.3 Å². The van der Waals surface area contributed by atoms with Gasteiger partial charge in [0.2, 0.25) is 0 Å². The van der Waals surface area contributed by atoms with Gasteiger partial charge in [-0.25, -0.2) is 0 Å². The highest BCUT2D eigenvalue weighted by atomic mass is 16.5. The summed E-state index contributed by atoms with van der Waals surface area (Å²) in [5, 5.41) is 3.43. The molecule has 0 aromatic heterocycles. The first-order valence-corrected chi connectivity index (χ1v) is 9.55. The van der Waals surface area contributed by atoms with Crippen LogP contribution in [0.3, 0.4) is 0 Å². The molecule has 0 unspecified atom stereocenters. The van der Waals surface area contributed by atoms with E-state index in [0.717, 1.165) is 45.0 Å². The van der Waals surface area contributed by atoms with Crippen molar-refractivity contribution in [2.45, 2.75) is 52.9 Å². The van der Waals surface area contributed by atoms with Crippen LogP contribution in [0.2, 0.25) is 0 Å². The number of rotatable bonds is 10. The molecule has 0 bridgehead atoms. The van der Waals surface area contributed by atoms with E-state index in [1.165, 1.54) is 42.5 Å². The van der Waals surface area contributed by atoms with Crippen LogP contribution in [0.4, 0.5) is 5.69 Å². The molecule has 3 nitrogen and oxygen atoms in total. The van der Waals surface area contributed by atoms with E-state index >= 15 is 0 Å². The summed E-state index contributed by atoms with van der Waals surface area (Å²) < 4.78 is 5.95. The molecule has 1 aliphatic heterocycles. The lowest BCUT2D eigenvalue weighted by Crippen LogP contribution is -2.29. The van der Waals surface area contributed by atoms with Crippen LogP contribution in [0.15, 0.2) is 29.8 Å². The Hall–Kier alpha value is -1.48. The largest absolute Gasteiger partial charge is 0.494 e. The molecule has 0 fully saturated rings. The fourth-order valence-electron chi connectivity index (χ4n) is 3.07. The van der Waals surface area contributed by atoms with Gasteiger partial charge < -0.3 is 15.0 Å². The highest BCUT2D eigenvalue weighted by Crippen LogP contribution is 2.30. The Bertz CT molecular complexity index is 521. The SMILES string of the molecule is CCCNCCCCOc1ccc2c(c1)CCCN2CC=C(C)C. The number of benzene rings is 1. The van der Waals surface area contributed by atoms with Crippen molar-refractivity contribution in [3.8, 4) is 5.75 Å². The van der Waals surface area contributed by atoms with Crippen molar-refractivity contribution < 1.29 is 4.74 Å². The Morgan fingerprint density at radius 2 is 2.12 bits per heavy atom. The van der Waals surface area contributed by atoms with Gasteiger partial charge in [-0.05, 0) is 82.8 Å². The Morgan fingerprint density at radius 1 is 1.25 bits per heavy atom. The second-order valence-corrected chi connectivity index (χ2v) is 6.93. The summed E-state index contributed by atoms with van der Waals surface area (Å²) in [6.07, 6.45) is 8.21. The van der Waals surface area contributed by atoms with Crippen LogP contribution in [-0.4, -0.2) is 32.8 Å². The average Bonchev–Trinajstić information content (AvgIpc) is 2.58. The van der Waals surface area contributed by atoms with Gasteiger partial charge >= 0.3 is 0 Å². The van der Waals surface area contributed by atoms with Gasteiger partial charge in [-0.3, -0.25) is 0 Å². The molecule has 1 aromatic carbocycles. The van der Waals surface area contributed by atoms with Crippen LogP contribution < -0.4 is 15.0 Å². The molecule has 3 heteroatoms. The van der Waals surface area contributed by atoms with Crippen LogP contribution in [0.5, 0.6) is 5.75 Å². The van der Waals surface area contributed by atoms with E-state index in [4.69, 9.17) is 4.74 Å². The minimum atomic E-state index is 0.814. The zero-order chi connectivity index (χ0) is 17.2. The molecule has 0 spiro atoms. The lowest BCUT2D eigenvalue weighted by Gasteiger charge is -2.31. The number of hydrogen-bond acceptors (Lipinski definition) is 3. The number of unbranched alkanes of at least 4 members (excludes halogenated alkanes) is 1. The maximum Gasteiger partial charge on any atom is 0.119 e. The van der Waals surface area contributed by atoms with E-state index in [9.17, 15) is 0 Å². The van der Waals surface area contributed by atoms with E-state index in [1.54, 1.807) is 0 Å². The summed E-state index contributed by atoms with van der Waals surface area (Å²) in [5.41, 5.74) is 4.20. The van der Waals surface area contributed by atoms with Crippen molar-refractivity contribution in [1.82, 2.24) is 5.32 Å². The number of fused-ring (bicyclic) bond motifs is 1. The zero-order valence-corrected chi connectivity index (χ0v) is 15.7. The van der Waals surface area contributed by atoms with Crippen molar-refractivity contribution in [3.05, 3.63) is 35.4 Å². The van der Waals surface area contributed by atoms with Crippen LogP contribution in [0.25, 0.3) is 0 Å². The van der Waals surface area contributed by atoms with Gasteiger partial charge in [0.25, 0.3) is 0 Å². The molecule has 24 heavy (non-hydrogen) atoms. The molecule has 0 saturated heterocycles. The maximum absolute atomic E-state index is 5.95. The number of hydrogen-bond donors (Lipinski definition) is 1. The molecule has 1 aromatic rings. The van der Waals surface area contributed by atoms with Gasteiger partial charge in [-0.1, -0.05) is 18.6 Å². The molecule has 1 heterocycles. The number of nitrogens with one attached hydrogen (secondary N) is 1. The summed E-state index contributed by atoms with van der Waals surface area (Å²) in [4.78, 5) is 2.48. The Kier molecular flexibility index (Phi) is 8.17. The zero-order valence-electron chi connectivity index (χ0n) is 15.7. The third-order valence-corrected chi connectivity index (χ3v) is 4.43. The van der Waals surface area contributed by atoms with Crippen molar-refractivity contribution in [3.63, 3.8) is 0 Å². The normalized spacial score (nSPS) is 13.5. The number of nitrogens with zero attached hydrogens (tertiary/aromatic N) is 1. The summed E-state index contributed by atoms with van der Waals surface area (Å²) in [5.74, 6) is 1.03. The summed E-state index contributed by atoms with van der Waals surface area (Å²) in [6.45, 7) is 11.7. The molecule has 0 atom stereocenters. The Labute approximate surface area is 148 Å².